The Morgan fingerprint density at radius 3 is 0.803 bits per heavy atom. The molecule has 2 aromatic carbocycles. The Morgan fingerprint density at radius 2 is 0.623 bits per heavy atom. The van der Waals surface area contributed by atoms with Crippen LogP contribution in [0.25, 0.3) is 32.3 Å². The number of hydrogen-bond donors (Lipinski definition) is 4. The second kappa shape index (κ2) is 25.4. The van der Waals surface area contributed by atoms with E-state index in [9.17, 15) is 75.5 Å². The smallest absolute Gasteiger partial charge is 0.344 e. The van der Waals surface area contributed by atoms with E-state index in [2.05, 4.69) is 58.2 Å². The van der Waals surface area contributed by atoms with E-state index in [1.165, 1.54) is 60.0 Å². The van der Waals surface area contributed by atoms with Crippen molar-refractivity contribution in [3.05, 3.63) is 79.6 Å². The van der Waals surface area contributed by atoms with Gasteiger partial charge in [-0.2, -0.15) is 21.0 Å². The number of benzene rings is 2. The van der Waals surface area contributed by atoms with Gasteiger partial charge in [-0.3, -0.25) is 9.97 Å². The number of halogens is 18. The number of rotatable bonds is 0. The Balaban J connectivity index is -0.0000000769. The van der Waals surface area contributed by atoms with Crippen LogP contribution in [0.4, 0.5) is 75.5 Å². The Labute approximate surface area is 349 Å². The van der Waals surface area contributed by atoms with Crippen molar-refractivity contribution in [2.24, 2.45) is 7.05 Å². The minimum Gasteiger partial charge on any atom is -0.344 e. The molecule has 352 valence electrons. The summed E-state index contributed by atoms with van der Waals surface area (Å²) in [6.07, 6.45) is 11.7. The average molecular weight is 1070 g/mol. The summed E-state index contributed by atoms with van der Waals surface area (Å²) in [5.74, 6) is 0. The van der Waals surface area contributed by atoms with Gasteiger partial charge in [-0.1, -0.05) is 18.2 Å². The van der Waals surface area contributed by atoms with Gasteiger partial charge >= 0.3 is 118 Å². The molecule has 0 radical (unpaired) electrons. The molecule has 0 unspecified atom stereocenters. The molecule has 0 aliphatic heterocycles. The largest absolute Gasteiger partial charge is 6.00 e. The maximum absolute atomic E-state index is 10.7. The molecule has 0 fully saturated rings. The van der Waals surface area contributed by atoms with Crippen molar-refractivity contribution in [2.45, 2.75) is 27.7 Å². The molecule has 11 nitrogen and oxygen atoms in total. The number of pyridine rings is 3. The second-order valence-corrected chi connectivity index (χ2v) is 15.1. The maximum atomic E-state index is 9.87. The van der Waals surface area contributed by atoms with Crippen molar-refractivity contribution in [2.75, 3.05) is 0 Å². The van der Waals surface area contributed by atoms with Crippen LogP contribution in [0.15, 0.2) is 79.6 Å². The predicted octanol–water partition coefficient (Wildman–Crippen LogP) is 16.8. The summed E-state index contributed by atoms with van der Waals surface area (Å²) >= 11 is 0. The van der Waals surface area contributed by atoms with E-state index in [4.69, 9.17) is 21.0 Å². The third-order valence-electron chi connectivity index (χ3n) is 3.97. The van der Waals surface area contributed by atoms with Crippen molar-refractivity contribution < 1.29 is 99.6 Å². The zero-order chi connectivity index (χ0) is 45.7. The van der Waals surface area contributed by atoms with Crippen LogP contribution in [0.5, 0.6) is 0 Å². The molecule has 12 N–H and O–H groups in total. The van der Waals surface area contributed by atoms with Gasteiger partial charge in [0.25, 0.3) is 0 Å². The van der Waals surface area contributed by atoms with Gasteiger partial charge in [0.15, 0.2) is 12.4 Å². The molecular weight excluding hydrogens is 1030 g/mol. The second-order valence-electron chi connectivity index (χ2n) is 9.36. The predicted molar refractivity (Wildman–Crippen MR) is 199 cm³/mol. The van der Waals surface area contributed by atoms with Crippen molar-refractivity contribution >= 4 is 55.7 Å². The van der Waals surface area contributed by atoms with Gasteiger partial charge in [-0.25, -0.2) is 4.57 Å². The summed E-state index contributed by atoms with van der Waals surface area (Å²) < 4.78 is 180. The molecule has 0 atom stereocenters. The molecule has 0 bridgehead atoms. The zero-order valence-corrected chi connectivity index (χ0v) is 36.4. The van der Waals surface area contributed by atoms with Crippen LogP contribution < -0.4 is 29.2 Å². The normalized spacial score (nSPS) is 12.6. The van der Waals surface area contributed by atoms with Crippen LogP contribution >= 0.6 is 23.4 Å². The Morgan fingerprint density at radius 1 is 0.426 bits per heavy atom. The van der Waals surface area contributed by atoms with Crippen molar-refractivity contribution in [3.63, 3.8) is 0 Å². The first-order chi connectivity index (χ1) is 24.3. The van der Waals surface area contributed by atoms with Crippen LogP contribution in [-0.2, 0) is 26.5 Å². The van der Waals surface area contributed by atoms with Gasteiger partial charge in [-0.05, 0) is 24.3 Å². The molecule has 0 spiro atoms. The Kier molecular flexibility index (Phi) is 32.0. The number of aryl methyl sites for hydroxylation is 1. The Hall–Kier alpha value is -4.62. The van der Waals surface area contributed by atoms with Gasteiger partial charge in [0, 0.05) is 84.8 Å². The summed E-state index contributed by atoms with van der Waals surface area (Å²) in [5.41, 5.74) is 0. The van der Waals surface area contributed by atoms with Gasteiger partial charge in [0.05, 0.1) is 24.3 Å². The molecule has 3 aromatic heterocycles. The van der Waals surface area contributed by atoms with Gasteiger partial charge in [-0.15, -0.1) is 0 Å². The van der Waals surface area contributed by atoms with E-state index in [0.29, 0.717) is 0 Å². The van der Waals surface area contributed by atoms with Crippen LogP contribution in [-0.4, -0.2) is 9.97 Å². The van der Waals surface area contributed by atoms with E-state index < -0.39 is 23.4 Å². The van der Waals surface area contributed by atoms with Crippen molar-refractivity contribution in [1.29, 1.82) is 21.0 Å². The summed E-state index contributed by atoms with van der Waals surface area (Å²) in [4.78, 5) is 8.07. The molecule has 0 saturated heterocycles. The minimum atomic E-state index is -10.7. The van der Waals surface area contributed by atoms with E-state index in [-0.39, 0.29) is 44.1 Å². The summed E-state index contributed by atoms with van der Waals surface area (Å²) in [6, 6.07) is 21.4. The molecule has 61 heavy (non-hydrogen) atoms. The number of hydrogen-bond acceptors (Lipinski definition) is 10. The molecule has 5 rings (SSSR count). The third kappa shape index (κ3) is 76.6. The summed E-state index contributed by atoms with van der Waals surface area (Å²) in [5, 5.41) is 37.0. The van der Waals surface area contributed by atoms with Crippen molar-refractivity contribution in [1.82, 2.24) is 34.6 Å². The van der Waals surface area contributed by atoms with Crippen LogP contribution in [0.2, 0.25) is 0 Å². The van der Waals surface area contributed by atoms with E-state index in [1.807, 2.05) is 30.6 Å². The van der Waals surface area contributed by atoms with Gasteiger partial charge in [0.1, 0.15) is 7.05 Å². The summed E-state index contributed by atoms with van der Waals surface area (Å²) in [7, 11) is -29.9. The fourth-order valence-electron chi connectivity index (χ4n) is 3.02. The third-order valence-corrected chi connectivity index (χ3v) is 3.97. The van der Waals surface area contributed by atoms with Crippen molar-refractivity contribution in [3.8, 4) is 24.3 Å². The molecule has 0 saturated carbocycles. The maximum Gasteiger partial charge on any atom is 6.00 e. The number of nitrogens with zero attached hydrogens (tertiary/aromatic N) is 7. The molecule has 0 aliphatic carbocycles. The number of aromatic nitrogens is 3. The first kappa shape index (κ1) is 77.0. The molecule has 0 aliphatic rings. The summed E-state index contributed by atoms with van der Waals surface area (Å²) in [6.45, 7) is 5.72. The monoisotopic (exact) mass is 1070 g/mol. The average Bonchev–Trinajstić information content (AvgIpc) is 2.94. The van der Waals surface area contributed by atoms with Gasteiger partial charge < -0.3 is 24.6 Å². The first-order valence-corrected chi connectivity index (χ1v) is 19.6. The molecule has 3 heterocycles. The SMILES string of the molecule is CC#N.CC#N.CC#N.CC#N.C[n+]1cc2ccc3cncc4ccc(c1)c2c34.F[P-](F)(F)(F)(F)F.F[P-](F)(F)(F)(F)F.F[P-](F)(F)(F)(F)F.N.N.N.N.[Ru+6].c1ccncc1. The molecule has 5 aromatic rings. The molecular formula is C28H40F18N11P3Ru+4. The standard InChI is InChI=1S/C15H11N2.C5H5N.4C2H3N.3F6P.4H3N.Ru/c1-17-8-12-4-2-10-6-16-7-11-3-5-13(9-17)15(12)14(10)11;1-2-4-6-5-3-1;4*1-2-3;3*1-7(2,3,4,5)6;;;;;/h2-9H,1H3;1-5H;4*1H3;;;;4*1H3;/q+1;;;;;;3*-1;;;;;+6. The Bertz CT molecular complexity index is 1900. The molecule has 33 heteroatoms. The minimum absolute atomic E-state index is 0. The van der Waals surface area contributed by atoms with Crippen LogP contribution in [0.3, 0.4) is 0 Å². The topological polar surface area (TPSA) is 265 Å². The van der Waals surface area contributed by atoms with Gasteiger partial charge in [0.2, 0.25) is 0 Å². The van der Waals surface area contributed by atoms with Crippen LogP contribution in [0, 0.1) is 45.3 Å². The zero-order valence-electron chi connectivity index (χ0n) is 32.0. The number of nitriles is 4. The fraction of sp³-hybridized carbons (Fsp3) is 0.179. The first-order valence-electron chi connectivity index (χ1n) is 13.5. The molecule has 0 amide bonds. The van der Waals surface area contributed by atoms with Crippen LogP contribution in [0.1, 0.15) is 27.7 Å². The quantitative estimate of drug-likeness (QED) is 0.0374. The van der Waals surface area contributed by atoms with E-state index in [1.54, 1.807) is 36.7 Å². The van der Waals surface area contributed by atoms with E-state index >= 15 is 0 Å². The fourth-order valence-corrected chi connectivity index (χ4v) is 3.02. The van der Waals surface area contributed by atoms with E-state index in [0.717, 1.165) is 0 Å².